The van der Waals surface area contributed by atoms with Gasteiger partial charge in [0.25, 0.3) is 0 Å². The third-order valence-corrected chi connectivity index (χ3v) is 5.28. The van der Waals surface area contributed by atoms with Crippen molar-refractivity contribution in [2.45, 2.75) is 149 Å². The van der Waals surface area contributed by atoms with Crippen molar-refractivity contribution in [3.8, 4) is 0 Å². The molecule has 0 N–H and O–H groups in total. The van der Waals surface area contributed by atoms with E-state index >= 15 is 0 Å². The Morgan fingerprint density at radius 2 is 0.750 bits per heavy atom. The van der Waals surface area contributed by atoms with Crippen molar-refractivity contribution in [3.63, 3.8) is 0 Å². The molecule has 0 amide bonds. The summed E-state index contributed by atoms with van der Waals surface area (Å²) in [6.07, 6.45) is 28.2. The molecule has 0 heterocycles. The van der Waals surface area contributed by atoms with Crippen molar-refractivity contribution in [2.24, 2.45) is 0 Å². The van der Waals surface area contributed by atoms with Gasteiger partial charge in [-0.05, 0) is 19.8 Å². The summed E-state index contributed by atoms with van der Waals surface area (Å²) in [5, 5.41) is 8.89. The number of rotatable bonds is 22. The summed E-state index contributed by atoms with van der Waals surface area (Å²) >= 11 is 0. The van der Waals surface area contributed by atoms with E-state index in [1.165, 1.54) is 128 Å². The molecule has 0 saturated heterocycles. The first-order valence-electron chi connectivity index (χ1n) is 13.4. The molecular weight excluding hydrogens is 407 g/mol. The van der Waals surface area contributed by atoms with Crippen LogP contribution in [0.5, 0.6) is 0 Å². The van der Waals surface area contributed by atoms with Gasteiger partial charge >= 0.3 is 29.6 Å². The molecule has 0 aliphatic rings. The van der Waals surface area contributed by atoms with Gasteiger partial charge < -0.3 is 14.6 Å². The molecule has 0 radical (unpaired) electrons. The van der Waals surface area contributed by atoms with Crippen molar-refractivity contribution in [2.75, 3.05) is 13.2 Å². The van der Waals surface area contributed by atoms with Crippen LogP contribution in [0.25, 0.3) is 0 Å². The molecule has 0 atom stereocenters. The molecule has 32 heavy (non-hydrogen) atoms. The van der Waals surface area contributed by atoms with Crippen molar-refractivity contribution < 1.29 is 44.2 Å². The molecule has 0 aliphatic heterocycles. The van der Waals surface area contributed by atoms with E-state index in [1.807, 2.05) is 0 Å². The van der Waals surface area contributed by atoms with Crippen LogP contribution in [0.15, 0.2) is 13.2 Å². The first-order chi connectivity index (χ1) is 15.1. The standard InChI is InChI=1S/C24H50O.C2H4O2.C2H4.Na/c1-3-5-7-9-11-13-15-17-19-21-23-25-24-22-20-18-16-14-12-10-8-6-4-2;1-2(3)4;1-2;/h3-24H2,1-2H3;1H3,(H,3,4);1-2H2;/q;;;+1/p-1. The molecule has 3 nitrogen and oxygen atoms in total. The molecule has 0 unspecified atom stereocenters. The predicted octanol–water partition coefficient (Wildman–Crippen LogP) is 5.41. The summed E-state index contributed by atoms with van der Waals surface area (Å²) in [6.45, 7) is 13.5. The van der Waals surface area contributed by atoms with Crippen LogP contribution in [0, 0.1) is 0 Å². The summed E-state index contributed by atoms with van der Waals surface area (Å²) in [4.78, 5) is 8.89. The summed E-state index contributed by atoms with van der Waals surface area (Å²) in [5.41, 5.74) is 0. The SMILES string of the molecule is C=C.CC(=O)[O-].CCCCCCCCCCCCOCCCCCCCCCCCC.[Na+]. The van der Waals surface area contributed by atoms with Crippen LogP contribution in [0.3, 0.4) is 0 Å². The molecule has 4 heteroatoms. The number of unbranched alkanes of at least 4 members (excludes halogenated alkanes) is 18. The Bertz CT molecular complexity index is 285. The number of hydrogen-bond acceptors (Lipinski definition) is 3. The Hall–Kier alpha value is 0.170. The van der Waals surface area contributed by atoms with E-state index in [0.29, 0.717) is 0 Å². The number of carbonyl (C=O) groups excluding carboxylic acids is 1. The van der Waals surface area contributed by atoms with E-state index in [2.05, 4.69) is 27.0 Å². The van der Waals surface area contributed by atoms with Gasteiger partial charge in [0.1, 0.15) is 0 Å². The Balaban J connectivity index is -0.000000500. The van der Waals surface area contributed by atoms with E-state index in [9.17, 15) is 0 Å². The van der Waals surface area contributed by atoms with Crippen LogP contribution in [-0.4, -0.2) is 19.2 Å². The van der Waals surface area contributed by atoms with E-state index in [0.717, 1.165) is 20.1 Å². The Morgan fingerprint density at radius 1 is 0.562 bits per heavy atom. The topological polar surface area (TPSA) is 49.4 Å². The van der Waals surface area contributed by atoms with Gasteiger partial charge in [0.15, 0.2) is 0 Å². The smallest absolute Gasteiger partial charge is 0.550 e. The number of carboxylic acid groups (broad SMARTS) is 1. The molecular formula is C28H57NaO3. The number of aliphatic carboxylic acids is 1. The summed E-state index contributed by atoms with van der Waals surface area (Å²) in [6, 6.07) is 0. The largest absolute Gasteiger partial charge is 1.00 e. The van der Waals surface area contributed by atoms with Crippen LogP contribution in [0.4, 0.5) is 0 Å². The van der Waals surface area contributed by atoms with Crippen molar-refractivity contribution >= 4 is 5.97 Å². The zero-order valence-corrected chi connectivity index (χ0v) is 24.7. The van der Waals surface area contributed by atoms with E-state index in [-0.39, 0.29) is 29.6 Å². The number of ether oxygens (including phenoxy) is 1. The molecule has 0 rings (SSSR count). The molecule has 0 saturated carbocycles. The van der Waals surface area contributed by atoms with Gasteiger partial charge in [-0.25, -0.2) is 0 Å². The second-order valence-corrected chi connectivity index (χ2v) is 8.47. The fraction of sp³-hybridized carbons (Fsp3) is 0.893. The van der Waals surface area contributed by atoms with Gasteiger partial charge in [-0.2, -0.15) is 0 Å². The maximum Gasteiger partial charge on any atom is 1.00 e. The van der Waals surface area contributed by atoms with Crippen LogP contribution in [0.2, 0.25) is 0 Å². The third kappa shape index (κ3) is 52.2. The molecule has 188 valence electrons. The fourth-order valence-electron chi connectivity index (χ4n) is 3.49. The summed E-state index contributed by atoms with van der Waals surface area (Å²) in [7, 11) is 0. The Morgan fingerprint density at radius 3 is 0.969 bits per heavy atom. The monoisotopic (exact) mass is 464 g/mol. The molecule has 0 bridgehead atoms. The van der Waals surface area contributed by atoms with E-state index < -0.39 is 5.97 Å². The van der Waals surface area contributed by atoms with Crippen LogP contribution < -0.4 is 34.7 Å². The van der Waals surface area contributed by atoms with E-state index in [1.54, 1.807) is 0 Å². The molecule has 0 aromatic heterocycles. The molecule has 0 fully saturated rings. The maximum absolute atomic E-state index is 8.89. The minimum atomic E-state index is -1.08. The van der Waals surface area contributed by atoms with Crippen LogP contribution >= 0.6 is 0 Å². The second kappa shape index (κ2) is 41.4. The molecule has 0 aromatic rings. The number of carboxylic acids is 1. The summed E-state index contributed by atoms with van der Waals surface area (Å²) < 4.78 is 5.78. The Labute approximate surface area is 224 Å². The molecule has 0 spiro atoms. The van der Waals surface area contributed by atoms with Crippen molar-refractivity contribution in [1.29, 1.82) is 0 Å². The second-order valence-electron chi connectivity index (χ2n) is 8.47. The van der Waals surface area contributed by atoms with Gasteiger partial charge in [-0.1, -0.05) is 129 Å². The van der Waals surface area contributed by atoms with Gasteiger partial charge in [-0.15, -0.1) is 13.2 Å². The maximum atomic E-state index is 8.89. The van der Waals surface area contributed by atoms with Crippen LogP contribution in [-0.2, 0) is 9.53 Å². The fourth-order valence-corrected chi connectivity index (χ4v) is 3.49. The minimum absolute atomic E-state index is 0. The van der Waals surface area contributed by atoms with Crippen LogP contribution in [0.1, 0.15) is 149 Å². The normalized spacial score (nSPS) is 9.72. The number of hydrogen-bond donors (Lipinski definition) is 0. The van der Waals surface area contributed by atoms with Crippen molar-refractivity contribution in [1.82, 2.24) is 0 Å². The predicted molar refractivity (Wildman–Crippen MR) is 136 cm³/mol. The quantitative estimate of drug-likeness (QED) is 0.122. The first-order valence-corrected chi connectivity index (χ1v) is 13.4. The van der Waals surface area contributed by atoms with Gasteiger partial charge in [0.05, 0.1) is 0 Å². The molecule has 0 aliphatic carbocycles. The molecule has 0 aromatic carbocycles. The average molecular weight is 465 g/mol. The first kappa shape index (κ1) is 39.4. The number of carbonyl (C=O) groups is 1. The Kier molecular flexibility index (Phi) is 51.0. The summed E-state index contributed by atoms with van der Waals surface area (Å²) in [5.74, 6) is -1.08. The average Bonchev–Trinajstić information content (AvgIpc) is 2.76. The van der Waals surface area contributed by atoms with E-state index in [4.69, 9.17) is 14.6 Å². The van der Waals surface area contributed by atoms with Gasteiger partial charge in [-0.3, -0.25) is 0 Å². The zero-order valence-electron chi connectivity index (χ0n) is 22.7. The van der Waals surface area contributed by atoms with Gasteiger partial charge in [0, 0.05) is 19.2 Å². The third-order valence-electron chi connectivity index (χ3n) is 5.28. The zero-order chi connectivity index (χ0) is 23.8. The minimum Gasteiger partial charge on any atom is -0.550 e. The van der Waals surface area contributed by atoms with Crippen molar-refractivity contribution in [3.05, 3.63) is 13.2 Å². The van der Waals surface area contributed by atoms with Gasteiger partial charge in [0.2, 0.25) is 0 Å².